The Labute approximate surface area is 154 Å². The number of amides is 1. The lowest BCUT2D eigenvalue weighted by molar-refractivity contribution is -0.123. The van der Waals surface area contributed by atoms with Gasteiger partial charge in [0.15, 0.2) is 5.16 Å². The van der Waals surface area contributed by atoms with Crippen LogP contribution in [0.5, 0.6) is 0 Å². The fourth-order valence-electron chi connectivity index (χ4n) is 5.96. The SMILES string of the molecule is CC(C)n1cnnc1SCC(=O)NC(C)C12CC3CC(CC(C3)C1)C2. The molecule has 6 heteroatoms. The van der Waals surface area contributed by atoms with Crippen molar-refractivity contribution in [3.05, 3.63) is 6.33 Å². The zero-order valence-corrected chi connectivity index (χ0v) is 16.4. The monoisotopic (exact) mass is 362 g/mol. The number of hydrogen-bond donors (Lipinski definition) is 1. The molecule has 4 saturated carbocycles. The second-order valence-corrected chi connectivity index (χ2v) is 9.91. The fourth-order valence-corrected chi connectivity index (χ4v) is 6.82. The summed E-state index contributed by atoms with van der Waals surface area (Å²) in [5.41, 5.74) is 0.368. The number of rotatable bonds is 6. The van der Waals surface area contributed by atoms with Gasteiger partial charge in [0, 0.05) is 12.1 Å². The highest BCUT2D eigenvalue weighted by Gasteiger charge is 2.53. The lowest BCUT2D eigenvalue weighted by Gasteiger charge is -2.59. The van der Waals surface area contributed by atoms with Crippen molar-refractivity contribution in [2.75, 3.05) is 5.75 Å². The van der Waals surface area contributed by atoms with Crippen molar-refractivity contribution in [2.24, 2.45) is 23.2 Å². The Kier molecular flexibility index (Phi) is 4.59. The number of hydrogen-bond acceptors (Lipinski definition) is 4. The molecule has 4 aliphatic carbocycles. The highest BCUT2D eigenvalue weighted by Crippen LogP contribution is 2.61. The highest BCUT2D eigenvalue weighted by atomic mass is 32.2. The standard InChI is InChI=1S/C19H30N4OS/c1-12(2)23-11-20-22-18(23)25-10-17(24)21-13(3)19-7-14-4-15(8-19)6-16(5-14)9-19/h11-16H,4-10H2,1-3H3,(H,21,24). The Balaban J connectivity index is 1.34. The molecule has 4 aliphatic rings. The van der Waals surface area contributed by atoms with E-state index in [0.29, 0.717) is 17.2 Å². The third kappa shape index (κ3) is 3.34. The summed E-state index contributed by atoms with van der Waals surface area (Å²) in [6.07, 6.45) is 10.1. The van der Waals surface area contributed by atoms with Crippen molar-refractivity contribution in [3.63, 3.8) is 0 Å². The Morgan fingerprint density at radius 3 is 2.40 bits per heavy atom. The largest absolute Gasteiger partial charge is 0.352 e. The maximum Gasteiger partial charge on any atom is 0.230 e. The predicted molar refractivity (Wildman–Crippen MR) is 99.3 cm³/mol. The van der Waals surface area contributed by atoms with Crippen molar-refractivity contribution in [1.82, 2.24) is 20.1 Å². The number of aromatic nitrogens is 3. The third-order valence-electron chi connectivity index (χ3n) is 6.81. The summed E-state index contributed by atoms with van der Waals surface area (Å²) in [6, 6.07) is 0.600. The van der Waals surface area contributed by atoms with Crippen molar-refractivity contribution in [2.45, 2.75) is 76.5 Å². The topological polar surface area (TPSA) is 59.8 Å². The first-order valence-corrected chi connectivity index (χ1v) is 10.8. The van der Waals surface area contributed by atoms with Gasteiger partial charge in [-0.1, -0.05) is 11.8 Å². The van der Waals surface area contributed by atoms with Crippen LogP contribution in [-0.4, -0.2) is 32.5 Å². The average Bonchev–Trinajstić information content (AvgIpc) is 3.00. The molecule has 1 N–H and O–H groups in total. The maximum absolute atomic E-state index is 12.5. The van der Waals surface area contributed by atoms with E-state index in [0.717, 1.165) is 22.9 Å². The molecular formula is C19H30N4OS. The molecule has 138 valence electrons. The van der Waals surface area contributed by atoms with E-state index >= 15 is 0 Å². The zero-order valence-electron chi connectivity index (χ0n) is 15.6. The van der Waals surface area contributed by atoms with E-state index in [1.807, 2.05) is 4.57 Å². The minimum atomic E-state index is 0.131. The molecular weight excluding hydrogens is 332 g/mol. The summed E-state index contributed by atoms with van der Waals surface area (Å²) < 4.78 is 2.01. The summed E-state index contributed by atoms with van der Waals surface area (Å²) in [7, 11) is 0. The van der Waals surface area contributed by atoms with E-state index in [2.05, 4.69) is 36.3 Å². The van der Waals surface area contributed by atoms with Gasteiger partial charge in [0.05, 0.1) is 5.75 Å². The van der Waals surface area contributed by atoms with Crippen LogP contribution in [0.25, 0.3) is 0 Å². The quantitative estimate of drug-likeness (QED) is 0.785. The first-order chi connectivity index (χ1) is 11.9. The Morgan fingerprint density at radius 2 is 1.84 bits per heavy atom. The van der Waals surface area contributed by atoms with Crippen LogP contribution in [0.4, 0.5) is 0 Å². The van der Waals surface area contributed by atoms with E-state index < -0.39 is 0 Å². The summed E-state index contributed by atoms with van der Waals surface area (Å²) in [4.78, 5) is 12.5. The van der Waals surface area contributed by atoms with Crippen molar-refractivity contribution in [1.29, 1.82) is 0 Å². The molecule has 1 aromatic rings. The molecule has 0 aliphatic heterocycles. The Hall–Kier alpha value is -1.04. The number of thioether (sulfide) groups is 1. The number of carbonyl (C=O) groups excluding carboxylic acids is 1. The second kappa shape index (κ2) is 6.60. The van der Waals surface area contributed by atoms with E-state index in [1.165, 1.54) is 50.3 Å². The molecule has 1 amide bonds. The average molecular weight is 363 g/mol. The van der Waals surface area contributed by atoms with Gasteiger partial charge in [-0.05, 0) is 82.5 Å². The van der Waals surface area contributed by atoms with E-state index in [9.17, 15) is 4.79 Å². The van der Waals surface area contributed by atoms with Crippen LogP contribution in [0, 0.1) is 23.2 Å². The molecule has 4 bridgehead atoms. The van der Waals surface area contributed by atoms with Gasteiger partial charge in [-0.15, -0.1) is 10.2 Å². The minimum absolute atomic E-state index is 0.131. The normalized spacial score (nSPS) is 34.5. The fraction of sp³-hybridized carbons (Fsp3) is 0.842. The van der Waals surface area contributed by atoms with Gasteiger partial charge in [0.1, 0.15) is 6.33 Å². The molecule has 0 saturated heterocycles. The summed E-state index contributed by atoms with van der Waals surface area (Å²) >= 11 is 1.49. The maximum atomic E-state index is 12.5. The van der Waals surface area contributed by atoms with Gasteiger partial charge in [-0.3, -0.25) is 4.79 Å². The first kappa shape index (κ1) is 17.4. The molecule has 5 rings (SSSR count). The molecule has 0 radical (unpaired) electrons. The summed E-state index contributed by atoms with van der Waals surface area (Å²) in [5, 5.41) is 12.3. The second-order valence-electron chi connectivity index (χ2n) is 8.97. The molecule has 0 aromatic carbocycles. The predicted octanol–water partition coefficient (Wildman–Crippen LogP) is 3.67. The van der Waals surface area contributed by atoms with E-state index in [4.69, 9.17) is 0 Å². The summed E-state index contributed by atoms with van der Waals surface area (Å²) in [5.74, 6) is 3.31. The zero-order chi connectivity index (χ0) is 17.6. The first-order valence-electron chi connectivity index (χ1n) is 9.77. The third-order valence-corrected chi connectivity index (χ3v) is 7.77. The molecule has 1 aromatic heterocycles. The molecule has 1 unspecified atom stereocenters. The number of nitrogens with zero attached hydrogens (tertiary/aromatic N) is 3. The molecule has 5 nitrogen and oxygen atoms in total. The molecule has 1 heterocycles. The molecule has 1 atom stereocenters. The van der Waals surface area contributed by atoms with Crippen LogP contribution >= 0.6 is 11.8 Å². The van der Waals surface area contributed by atoms with E-state index in [1.54, 1.807) is 6.33 Å². The van der Waals surface area contributed by atoms with Crippen molar-refractivity contribution in [3.8, 4) is 0 Å². The Bertz CT molecular complexity index is 606. The van der Waals surface area contributed by atoms with Crippen LogP contribution in [0.2, 0.25) is 0 Å². The molecule has 25 heavy (non-hydrogen) atoms. The smallest absolute Gasteiger partial charge is 0.230 e. The van der Waals surface area contributed by atoms with Gasteiger partial charge < -0.3 is 9.88 Å². The van der Waals surface area contributed by atoms with Gasteiger partial charge in [0.2, 0.25) is 5.91 Å². The van der Waals surface area contributed by atoms with Crippen LogP contribution in [-0.2, 0) is 4.79 Å². The summed E-state index contributed by atoms with van der Waals surface area (Å²) in [6.45, 7) is 6.44. The Morgan fingerprint density at radius 1 is 1.24 bits per heavy atom. The molecule has 0 spiro atoms. The van der Waals surface area contributed by atoms with Gasteiger partial charge >= 0.3 is 0 Å². The van der Waals surface area contributed by atoms with Gasteiger partial charge in [-0.25, -0.2) is 0 Å². The van der Waals surface area contributed by atoms with Crippen LogP contribution in [0.1, 0.15) is 65.3 Å². The van der Waals surface area contributed by atoms with Crippen LogP contribution in [0.3, 0.4) is 0 Å². The lowest BCUT2D eigenvalue weighted by Crippen LogP contribution is -2.56. The van der Waals surface area contributed by atoms with Gasteiger partial charge in [0.25, 0.3) is 0 Å². The highest BCUT2D eigenvalue weighted by molar-refractivity contribution is 7.99. The minimum Gasteiger partial charge on any atom is -0.352 e. The number of carbonyl (C=O) groups is 1. The van der Waals surface area contributed by atoms with Crippen molar-refractivity contribution < 1.29 is 4.79 Å². The van der Waals surface area contributed by atoms with Crippen LogP contribution < -0.4 is 5.32 Å². The number of nitrogens with one attached hydrogen (secondary N) is 1. The van der Waals surface area contributed by atoms with Gasteiger partial charge in [-0.2, -0.15) is 0 Å². The molecule has 4 fully saturated rings. The lowest BCUT2D eigenvalue weighted by atomic mass is 9.48. The van der Waals surface area contributed by atoms with Crippen LogP contribution in [0.15, 0.2) is 11.5 Å². The van der Waals surface area contributed by atoms with E-state index in [-0.39, 0.29) is 11.9 Å². The van der Waals surface area contributed by atoms with Crippen molar-refractivity contribution >= 4 is 17.7 Å².